The third kappa shape index (κ3) is 3.24. The van der Waals surface area contributed by atoms with Crippen LogP contribution in [-0.2, 0) is 0 Å². The first-order chi connectivity index (χ1) is 15.1. The minimum atomic E-state index is -0.674. The van der Waals surface area contributed by atoms with E-state index in [1.807, 2.05) is 60.7 Å². The summed E-state index contributed by atoms with van der Waals surface area (Å²) in [6, 6.07) is 23.7. The predicted octanol–water partition coefficient (Wildman–Crippen LogP) is 4.99. The summed E-state index contributed by atoms with van der Waals surface area (Å²) >= 11 is 0. The molecule has 2 heterocycles. The van der Waals surface area contributed by atoms with E-state index in [4.69, 9.17) is 5.73 Å². The number of primary amides is 1. The molecular formula is C25H17FN4O. The molecule has 0 saturated heterocycles. The lowest BCUT2D eigenvalue weighted by atomic mass is 10.0. The summed E-state index contributed by atoms with van der Waals surface area (Å²) in [5.74, 6) is -1.10. The standard InChI is InChI=1S/C25H17FN4O/c26-23-19(16-6-2-1-3-7-16)9-4-10-22(23)30-21-12-11-17(18-8-5-13-28-15-18)14-20(21)24(29-30)25(27)31/h1-15H,(H2,27,31). The first kappa shape index (κ1) is 18.7. The van der Waals surface area contributed by atoms with E-state index in [0.29, 0.717) is 16.5 Å². The van der Waals surface area contributed by atoms with Crippen LogP contribution in [0.5, 0.6) is 0 Å². The van der Waals surface area contributed by atoms with Gasteiger partial charge >= 0.3 is 0 Å². The molecule has 0 bridgehead atoms. The van der Waals surface area contributed by atoms with Gasteiger partial charge in [-0.2, -0.15) is 5.10 Å². The van der Waals surface area contributed by atoms with Crippen molar-refractivity contribution in [3.8, 4) is 27.9 Å². The van der Waals surface area contributed by atoms with E-state index >= 15 is 4.39 Å². The van der Waals surface area contributed by atoms with Gasteiger partial charge in [0.25, 0.3) is 5.91 Å². The number of amides is 1. The zero-order valence-electron chi connectivity index (χ0n) is 16.4. The number of rotatable bonds is 4. The maximum Gasteiger partial charge on any atom is 0.269 e. The predicted molar refractivity (Wildman–Crippen MR) is 118 cm³/mol. The third-order valence-corrected chi connectivity index (χ3v) is 5.20. The molecule has 0 spiro atoms. The number of aromatic nitrogens is 3. The second kappa shape index (κ2) is 7.50. The Hall–Kier alpha value is -4.32. The molecule has 150 valence electrons. The molecule has 0 aliphatic carbocycles. The molecular weight excluding hydrogens is 391 g/mol. The van der Waals surface area contributed by atoms with Crippen molar-refractivity contribution in [1.29, 1.82) is 0 Å². The number of fused-ring (bicyclic) bond motifs is 1. The maximum atomic E-state index is 15.5. The van der Waals surface area contributed by atoms with Crippen molar-refractivity contribution < 1.29 is 9.18 Å². The van der Waals surface area contributed by atoms with Crippen LogP contribution in [0.4, 0.5) is 4.39 Å². The Morgan fingerprint density at radius 2 is 1.68 bits per heavy atom. The molecule has 5 rings (SSSR count). The average molecular weight is 408 g/mol. The summed E-state index contributed by atoms with van der Waals surface area (Å²) in [6.07, 6.45) is 3.43. The van der Waals surface area contributed by atoms with E-state index in [-0.39, 0.29) is 11.4 Å². The first-order valence-electron chi connectivity index (χ1n) is 9.71. The van der Waals surface area contributed by atoms with Crippen LogP contribution in [0.1, 0.15) is 10.5 Å². The number of carbonyl (C=O) groups is 1. The van der Waals surface area contributed by atoms with Gasteiger partial charge in [0, 0.05) is 28.9 Å². The van der Waals surface area contributed by atoms with Crippen LogP contribution in [0.15, 0.2) is 91.3 Å². The highest BCUT2D eigenvalue weighted by Gasteiger charge is 2.20. The van der Waals surface area contributed by atoms with Gasteiger partial charge in [0.2, 0.25) is 0 Å². The van der Waals surface area contributed by atoms with Gasteiger partial charge in [-0.25, -0.2) is 9.07 Å². The molecule has 0 aliphatic rings. The van der Waals surface area contributed by atoms with Crippen LogP contribution in [0.2, 0.25) is 0 Å². The fourth-order valence-corrected chi connectivity index (χ4v) is 3.72. The number of carbonyl (C=O) groups excluding carboxylic acids is 1. The van der Waals surface area contributed by atoms with Crippen molar-refractivity contribution in [2.24, 2.45) is 5.73 Å². The van der Waals surface area contributed by atoms with Crippen LogP contribution >= 0.6 is 0 Å². The minimum absolute atomic E-state index is 0.0882. The van der Waals surface area contributed by atoms with Gasteiger partial charge < -0.3 is 5.73 Å². The van der Waals surface area contributed by atoms with E-state index in [1.54, 1.807) is 30.6 Å². The quantitative estimate of drug-likeness (QED) is 0.455. The van der Waals surface area contributed by atoms with Crippen molar-refractivity contribution in [2.75, 3.05) is 0 Å². The normalized spacial score (nSPS) is 11.0. The molecule has 1 amide bonds. The van der Waals surface area contributed by atoms with E-state index in [1.165, 1.54) is 4.68 Å². The Labute approximate surface area is 177 Å². The lowest BCUT2D eigenvalue weighted by Gasteiger charge is -2.10. The molecule has 31 heavy (non-hydrogen) atoms. The number of pyridine rings is 1. The highest BCUT2D eigenvalue weighted by molar-refractivity contribution is 6.05. The summed E-state index contributed by atoms with van der Waals surface area (Å²) in [5, 5.41) is 4.93. The number of benzene rings is 3. The van der Waals surface area contributed by atoms with E-state index in [2.05, 4.69) is 10.1 Å². The van der Waals surface area contributed by atoms with Crippen LogP contribution in [0.3, 0.4) is 0 Å². The van der Waals surface area contributed by atoms with E-state index in [0.717, 1.165) is 16.7 Å². The van der Waals surface area contributed by atoms with Gasteiger partial charge in [0.15, 0.2) is 11.5 Å². The first-order valence-corrected chi connectivity index (χ1v) is 9.71. The van der Waals surface area contributed by atoms with Crippen molar-refractivity contribution in [2.45, 2.75) is 0 Å². The zero-order valence-corrected chi connectivity index (χ0v) is 16.4. The second-order valence-electron chi connectivity index (χ2n) is 7.10. The summed E-state index contributed by atoms with van der Waals surface area (Å²) in [7, 11) is 0. The smallest absolute Gasteiger partial charge is 0.269 e. The lowest BCUT2D eigenvalue weighted by Crippen LogP contribution is -2.13. The van der Waals surface area contributed by atoms with E-state index in [9.17, 15) is 4.79 Å². The Balaban J connectivity index is 1.72. The molecule has 0 radical (unpaired) electrons. The molecule has 6 heteroatoms. The van der Waals surface area contributed by atoms with Gasteiger partial charge in [-0.3, -0.25) is 9.78 Å². The minimum Gasteiger partial charge on any atom is -0.364 e. The molecule has 0 unspecified atom stereocenters. The number of halogens is 1. The Kier molecular flexibility index (Phi) is 4.52. The zero-order chi connectivity index (χ0) is 21.4. The molecule has 0 atom stereocenters. The molecule has 2 N–H and O–H groups in total. The van der Waals surface area contributed by atoms with Gasteiger partial charge in [0.05, 0.1) is 5.52 Å². The highest BCUT2D eigenvalue weighted by Crippen LogP contribution is 2.31. The SMILES string of the molecule is NC(=O)c1nn(-c2cccc(-c3ccccc3)c2F)c2ccc(-c3cccnc3)cc12. The lowest BCUT2D eigenvalue weighted by molar-refractivity contribution is 0.0996. The number of hydrogen-bond donors (Lipinski definition) is 1. The van der Waals surface area contributed by atoms with Crippen LogP contribution in [-0.4, -0.2) is 20.7 Å². The molecule has 0 saturated carbocycles. The van der Waals surface area contributed by atoms with Crippen LogP contribution in [0, 0.1) is 5.82 Å². The number of nitrogens with zero attached hydrogens (tertiary/aromatic N) is 3. The topological polar surface area (TPSA) is 73.8 Å². The summed E-state index contributed by atoms with van der Waals surface area (Å²) in [5.41, 5.74) is 9.48. The Morgan fingerprint density at radius 3 is 2.42 bits per heavy atom. The van der Waals surface area contributed by atoms with Gasteiger partial charge in [0.1, 0.15) is 5.69 Å². The second-order valence-corrected chi connectivity index (χ2v) is 7.10. The molecule has 0 fully saturated rings. The summed E-state index contributed by atoms with van der Waals surface area (Å²) in [6.45, 7) is 0. The van der Waals surface area contributed by atoms with Gasteiger partial charge in [-0.05, 0) is 35.4 Å². The number of hydrogen-bond acceptors (Lipinski definition) is 3. The Morgan fingerprint density at radius 1 is 0.871 bits per heavy atom. The van der Waals surface area contributed by atoms with Crippen molar-refractivity contribution in [1.82, 2.24) is 14.8 Å². The molecule has 3 aromatic carbocycles. The molecule has 5 nitrogen and oxygen atoms in total. The monoisotopic (exact) mass is 408 g/mol. The molecule has 5 aromatic rings. The fourth-order valence-electron chi connectivity index (χ4n) is 3.72. The van der Waals surface area contributed by atoms with Crippen LogP contribution < -0.4 is 5.73 Å². The third-order valence-electron chi connectivity index (χ3n) is 5.20. The average Bonchev–Trinajstić information content (AvgIpc) is 3.19. The fraction of sp³-hybridized carbons (Fsp3) is 0. The summed E-state index contributed by atoms with van der Waals surface area (Å²) in [4.78, 5) is 16.3. The largest absolute Gasteiger partial charge is 0.364 e. The van der Waals surface area contributed by atoms with Crippen LogP contribution in [0.25, 0.3) is 38.8 Å². The maximum absolute atomic E-state index is 15.5. The molecule has 0 aliphatic heterocycles. The van der Waals surface area contributed by atoms with Crippen molar-refractivity contribution in [3.63, 3.8) is 0 Å². The molecule has 2 aromatic heterocycles. The number of nitrogens with two attached hydrogens (primary N) is 1. The summed E-state index contributed by atoms with van der Waals surface area (Å²) < 4.78 is 17.0. The Bertz CT molecular complexity index is 1410. The van der Waals surface area contributed by atoms with Crippen molar-refractivity contribution in [3.05, 3.63) is 103 Å². The van der Waals surface area contributed by atoms with Gasteiger partial charge in [-0.1, -0.05) is 54.6 Å². The van der Waals surface area contributed by atoms with Crippen molar-refractivity contribution >= 4 is 16.8 Å². The van der Waals surface area contributed by atoms with Gasteiger partial charge in [-0.15, -0.1) is 0 Å². The highest BCUT2D eigenvalue weighted by atomic mass is 19.1. The van der Waals surface area contributed by atoms with E-state index < -0.39 is 11.7 Å².